The molecule has 2 aromatic rings. The molecule has 0 aliphatic rings. The molecule has 100 valence electrons. The second-order valence-corrected chi connectivity index (χ2v) is 7.38. The first-order valence-corrected chi connectivity index (χ1v) is 8.79. The first-order chi connectivity index (χ1) is 8.95. The van der Waals surface area contributed by atoms with Crippen LogP contribution in [0.4, 0.5) is 13.2 Å². The van der Waals surface area contributed by atoms with Gasteiger partial charge in [0.05, 0.1) is 0 Å². The first kappa shape index (κ1) is 14.6. The zero-order valence-corrected chi connectivity index (χ0v) is 13.4. The summed E-state index contributed by atoms with van der Waals surface area (Å²) in [5, 5.41) is 0.798. The molecule has 0 saturated carbocycles. The molecule has 0 aliphatic carbocycles. The molecule has 1 heterocycles. The van der Waals surface area contributed by atoms with Gasteiger partial charge in [-0.3, -0.25) is 0 Å². The van der Waals surface area contributed by atoms with Gasteiger partial charge in [0.15, 0.2) is 0 Å². The minimum atomic E-state index is -4.26. The predicted molar refractivity (Wildman–Crippen MR) is 73.9 cm³/mol. The van der Waals surface area contributed by atoms with E-state index in [2.05, 4.69) is 20.9 Å². The predicted octanol–water partition coefficient (Wildman–Crippen LogP) is 3.12. The van der Waals surface area contributed by atoms with Crippen molar-refractivity contribution >= 4 is 36.2 Å². The average Bonchev–Trinajstić information content (AvgIpc) is 2.37. The molecule has 0 bridgehead atoms. The standard InChI is InChI=1S/C13H10AsBrF3N/c15-11-5-6-12(19-8-11)14-7-9-1-3-10(4-2-9)13(16,17)18/h1-6,8,14H,7H2. The Bertz CT molecular complexity index is 537. The van der Waals surface area contributed by atoms with Crippen LogP contribution in [-0.4, -0.2) is 20.7 Å². The van der Waals surface area contributed by atoms with Crippen molar-refractivity contribution in [3.8, 4) is 0 Å². The van der Waals surface area contributed by atoms with Gasteiger partial charge in [0.25, 0.3) is 0 Å². The van der Waals surface area contributed by atoms with Gasteiger partial charge in [0.2, 0.25) is 0 Å². The summed E-state index contributed by atoms with van der Waals surface area (Å²) in [4.78, 5) is 4.28. The Morgan fingerprint density at radius 3 is 2.26 bits per heavy atom. The van der Waals surface area contributed by atoms with Crippen LogP contribution in [0.5, 0.6) is 0 Å². The van der Waals surface area contributed by atoms with Gasteiger partial charge in [-0.25, -0.2) is 0 Å². The van der Waals surface area contributed by atoms with E-state index in [0.717, 1.165) is 31.9 Å². The number of halogens is 4. The molecule has 0 radical (unpaired) electrons. The van der Waals surface area contributed by atoms with E-state index >= 15 is 0 Å². The topological polar surface area (TPSA) is 12.9 Å². The van der Waals surface area contributed by atoms with Gasteiger partial charge in [-0.05, 0) is 0 Å². The summed E-state index contributed by atoms with van der Waals surface area (Å²) >= 11 is 2.86. The molecule has 1 atom stereocenters. The van der Waals surface area contributed by atoms with Crippen LogP contribution in [0, 0.1) is 0 Å². The molecular weight excluding hydrogens is 382 g/mol. The number of pyridine rings is 1. The van der Waals surface area contributed by atoms with Crippen LogP contribution in [0.2, 0.25) is 0 Å². The maximum atomic E-state index is 12.4. The van der Waals surface area contributed by atoms with E-state index < -0.39 is 27.5 Å². The van der Waals surface area contributed by atoms with Crippen molar-refractivity contribution in [2.45, 2.75) is 11.4 Å². The van der Waals surface area contributed by atoms with Crippen molar-refractivity contribution < 1.29 is 13.2 Å². The van der Waals surface area contributed by atoms with Crippen molar-refractivity contribution in [3.05, 3.63) is 58.2 Å². The van der Waals surface area contributed by atoms with Crippen LogP contribution in [0.1, 0.15) is 11.1 Å². The van der Waals surface area contributed by atoms with Crippen molar-refractivity contribution in [2.24, 2.45) is 0 Å². The molecule has 1 unspecified atom stereocenters. The quantitative estimate of drug-likeness (QED) is 0.732. The van der Waals surface area contributed by atoms with E-state index in [4.69, 9.17) is 0 Å². The van der Waals surface area contributed by atoms with E-state index in [1.54, 1.807) is 18.3 Å². The molecule has 0 N–H and O–H groups in total. The summed E-state index contributed by atoms with van der Waals surface area (Å²) in [5.74, 6) is 0. The molecule has 0 amide bonds. The van der Waals surface area contributed by atoms with Crippen LogP contribution < -0.4 is 4.48 Å². The summed E-state index contributed by atoms with van der Waals surface area (Å²) in [6.07, 6.45) is -2.52. The second-order valence-electron chi connectivity index (χ2n) is 3.91. The molecule has 6 heteroatoms. The molecule has 19 heavy (non-hydrogen) atoms. The van der Waals surface area contributed by atoms with E-state index in [1.807, 2.05) is 12.1 Å². The molecule has 0 saturated heterocycles. The summed E-state index contributed by atoms with van der Waals surface area (Å²) in [6, 6.07) is 9.25. The average molecular weight is 392 g/mol. The van der Waals surface area contributed by atoms with Crippen LogP contribution in [0.3, 0.4) is 0 Å². The number of aromatic nitrogens is 1. The van der Waals surface area contributed by atoms with Gasteiger partial charge in [0.1, 0.15) is 0 Å². The van der Waals surface area contributed by atoms with Gasteiger partial charge >= 0.3 is 124 Å². The number of benzene rings is 1. The van der Waals surface area contributed by atoms with Gasteiger partial charge < -0.3 is 0 Å². The van der Waals surface area contributed by atoms with Crippen molar-refractivity contribution in [2.75, 3.05) is 0 Å². The second kappa shape index (κ2) is 6.10. The fraction of sp³-hybridized carbons (Fsp3) is 0.154. The van der Waals surface area contributed by atoms with E-state index in [-0.39, 0.29) is 0 Å². The molecule has 1 aromatic carbocycles. The fourth-order valence-corrected chi connectivity index (χ4v) is 3.77. The van der Waals surface area contributed by atoms with Gasteiger partial charge in [-0.1, -0.05) is 0 Å². The third-order valence-electron chi connectivity index (χ3n) is 2.48. The molecule has 2 rings (SSSR count). The van der Waals surface area contributed by atoms with Crippen molar-refractivity contribution in [1.82, 2.24) is 4.98 Å². The Kier molecular flexibility index (Phi) is 4.69. The Morgan fingerprint density at radius 1 is 1.05 bits per heavy atom. The van der Waals surface area contributed by atoms with Gasteiger partial charge in [-0.15, -0.1) is 0 Å². The van der Waals surface area contributed by atoms with Crippen LogP contribution >= 0.6 is 15.9 Å². The van der Waals surface area contributed by atoms with E-state index in [0.29, 0.717) is 0 Å². The molecule has 1 nitrogen and oxygen atoms in total. The molecule has 1 aromatic heterocycles. The minimum absolute atomic E-state index is 0.456. The van der Waals surface area contributed by atoms with E-state index in [1.165, 1.54) is 0 Å². The maximum absolute atomic E-state index is 12.4. The Hall–Kier alpha value is -0.802. The SMILES string of the molecule is FC(F)(F)c1ccc(C[AsH]c2ccc(Br)cn2)cc1. The molecule has 0 spiro atoms. The molecule has 0 aliphatic heterocycles. The Labute approximate surface area is 124 Å². The zero-order chi connectivity index (χ0) is 13.9. The Morgan fingerprint density at radius 2 is 1.74 bits per heavy atom. The van der Waals surface area contributed by atoms with Crippen molar-refractivity contribution in [1.29, 1.82) is 0 Å². The van der Waals surface area contributed by atoms with E-state index in [9.17, 15) is 13.2 Å². The monoisotopic (exact) mass is 391 g/mol. The number of rotatable bonds is 3. The summed E-state index contributed by atoms with van der Waals surface area (Å²) in [7, 11) is 0. The first-order valence-electron chi connectivity index (χ1n) is 5.47. The third kappa shape index (κ3) is 4.36. The van der Waals surface area contributed by atoms with Crippen molar-refractivity contribution in [3.63, 3.8) is 0 Å². The zero-order valence-electron chi connectivity index (χ0n) is 9.71. The van der Waals surface area contributed by atoms with Gasteiger partial charge in [-0.2, -0.15) is 0 Å². The summed E-state index contributed by atoms with van der Waals surface area (Å²) < 4.78 is 39.2. The number of hydrogen-bond donors (Lipinski definition) is 0. The van der Waals surface area contributed by atoms with Crippen LogP contribution in [0.25, 0.3) is 0 Å². The fourth-order valence-electron chi connectivity index (χ4n) is 1.48. The summed E-state index contributed by atoms with van der Waals surface area (Å²) in [5.41, 5.74) is 0.329. The Balaban J connectivity index is 1.98. The number of alkyl halides is 3. The number of nitrogens with zero attached hydrogens (tertiary/aromatic N) is 1. The van der Waals surface area contributed by atoms with Crippen LogP contribution in [-0.2, 0) is 11.4 Å². The summed E-state index contributed by atoms with van der Waals surface area (Å²) in [6.45, 7) is 0. The molecular formula is C13H10AsBrF3N. The van der Waals surface area contributed by atoms with Gasteiger partial charge in [0, 0.05) is 0 Å². The normalized spacial score (nSPS) is 12.2. The third-order valence-corrected chi connectivity index (χ3v) is 5.56. The van der Waals surface area contributed by atoms with Crippen LogP contribution in [0.15, 0.2) is 47.1 Å². The number of hydrogen-bond acceptors (Lipinski definition) is 1. The molecule has 0 fully saturated rings.